The Kier molecular flexibility index (Phi) is 5.46. The molecule has 0 atom stereocenters. The van der Waals surface area contributed by atoms with Crippen molar-refractivity contribution >= 4 is 45.9 Å². The van der Waals surface area contributed by atoms with Crippen LogP contribution < -0.4 is 10.7 Å². The molecule has 128 valence electrons. The van der Waals surface area contributed by atoms with Crippen molar-refractivity contribution in [1.29, 1.82) is 0 Å². The zero-order valence-corrected chi connectivity index (χ0v) is 15.2. The van der Waals surface area contributed by atoms with Gasteiger partial charge in [-0.1, -0.05) is 29.8 Å². The summed E-state index contributed by atoms with van der Waals surface area (Å²) in [4.78, 5) is 27.3. The zero-order chi connectivity index (χ0) is 17.8. The van der Waals surface area contributed by atoms with E-state index >= 15 is 0 Å². The number of amides is 1. The second kappa shape index (κ2) is 7.76. The fourth-order valence-electron chi connectivity index (χ4n) is 2.45. The van der Waals surface area contributed by atoms with Gasteiger partial charge in [-0.05, 0) is 36.8 Å². The van der Waals surface area contributed by atoms with Gasteiger partial charge in [0, 0.05) is 39.1 Å². The second-order valence-electron chi connectivity index (χ2n) is 5.71. The highest BCUT2D eigenvalue weighted by Gasteiger charge is 2.06. The van der Waals surface area contributed by atoms with Crippen molar-refractivity contribution in [3.8, 4) is 0 Å². The molecule has 4 nitrogen and oxygen atoms in total. The van der Waals surface area contributed by atoms with Gasteiger partial charge >= 0.3 is 0 Å². The van der Waals surface area contributed by atoms with Gasteiger partial charge in [0.15, 0.2) is 5.43 Å². The number of pyridine rings is 1. The molecule has 6 heteroatoms. The summed E-state index contributed by atoms with van der Waals surface area (Å²) in [6.07, 6.45) is 0. The average Bonchev–Trinajstić information content (AvgIpc) is 2.58. The molecule has 0 radical (unpaired) electrons. The third-order valence-corrected chi connectivity index (χ3v) is 5.13. The Hall–Kier alpha value is -2.24. The molecule has 0 spiro atoms. The number of nitrogens with one attached hydrogen (secondary N) is 2. The minimum Gasteiger partial charge on any atom is -0.357 e. The Morgan fingerprint density at radius 3 is 2.80 bits per heavy atom. The maximum Gasteiger partial charge on any atom is 0.234 e. The van der Waals surface area contributed by atoms with Crippen LogP contribution in [0.2, 0.25) is 5.02 Å². The molecule has 1 aromatic heterocycles. The first-order valence-electron chi connectivity index (χ1n) is 7.77. The molecule has 2 aromatic carbocycles. The lowest BCUT2D eigenvalue weighted by Gasteiger charge is -2.07. The van der Waals surface area contributed by atoms with Crippen molar-refractivity contribution in [3.05, 3.63) is 75.0 Å². The summed E-state index contributed by atoms with van der Waals surface area (Å²) in [6, 6.07) is 14.4. The number of aryl methyl sites for hydroxylation is 1. The molecule has 0 saturated carbocycles. The summed E-state index contributed by atoms with van der Waals surface area (Å²) in [6.45, 7) is 1.91. The zero-order valence-electron chi connectivity index (χ0n) is 13.6. The van der Waals surface area contributed by atoms with Crippen LogP contribution in [0.4, 0.5) is 5.69 Å². The van der Waals surface area contributed by atoms with E-state index in [0.29, 0.717) is 27.6 Å². The number of fused-ring (bicyclic) bond motifs is 1. The Morgan fingerprint density at radius 2 is 2.00 bits per heavy atom. The van der Waals surface area contributed by atoms with Crippen molar-refractivity contribution in [2.45, 2.75) is 12.7 Å². The Morgan fingerprint density at radius 1 is 1.20 bits per heavy atom. The van der Waals surface area contributed by atoms with Crippen LogP contribution in [0.3, 0.4) is 0 Å². The molecule has 3 aromatic rings. The molecule has 0 fully saturated rings. The molecule has 1 amide bonds. The predicted molar refractivity (Wildman–Crippen MR) is 106 cm³/mol. The van der Waals surface area contributed by atoms with Gasteiger partial charge in [0.2, 0.25) is 5.91 Å². The van der Waals surface area contributed by atoms with Crippen molar-refractivity contribution in [2.24, 2.45) is 0 Å². The van der Waals surface area contributed by atoms with E-state index in [0.717, 1.165) is 16.8 Å². The molecule has 0 unspecified atom stereocenters. The summed E-state index contributed by atoms with van der Waals surface area (Å²) in [5.74, 6) is 0.746. The molecule has 0 aliphatic rings. The SMILES string of the molecule is Cc1ccc(NC(=O)CSCc2cc(=O)c3ccccc3[nH]2)cc1Cl. The van der Waals surface area contributed by atoms with Gasteiger partial charge in [0.25, 0.3) is 0 Å². The minimum absolute atomic E-state index is 0.0105. The second-order valence-corrected chi connectivity index (χ2v) is 7.10. The number of carbonyl (C=O) groups excluding carboxylic acids is 1. The number of hydrogen-bond donors (Lipinski definition) is 2. The van der Waals surface area contributed by atoms with Gasteiger partial charge in [0.05, 0.1) is 5.75 Å². The number of thioether (sulfide) groups is 1. The maximum atomic E-state index is 12.1. The third kappa shape index (κ3) is 4.44. The number of anilines is 1. The molecule has 1 heterocycles. The van der Waals surface area contributed by atoms with Crippen LogP contribution in [-0.4, -0.2) is 16.6 Å². The fraction of sp³-hybridized carbons (Fsp3) is 0.158. The molecule has 25 heavy (non-hydrogen) atoms. The number of aromatic amines is 1. The standard InChI is InChI=1S/C19H17ClN2O2S/c1-12-6-7-13(8-16(12)20)22-19(24)11-25-10-14-9-18(23)15-4-2-3-5-17(15)21-14/h2-9H,10-11H2,1H3,(H,21,23)(H,22,24). The highest BCUT2D eigenvalue weighted by atomic mass is 35.5. The lowest BCUT2D eigenvalue weighted by molar-refractivity contribution is -0.113. The number of H-pyrrole nitrogens is 1. The fourth-order valence-corrected chi connectivity index (χ4v) is 3.37. The van der Waals surface area contributed by atoms with Gasteiger partial charge in [-0.2, -0.15) is 0 Å². The van der Waals surface area contributed by atoms with Crippen LogP contribution >= 0.6 is 23.4 Å². The number of rotatable bonds is 5. The van der Waals surface area contributed by atoms with Crippen LogP contribution in [0.1, 0.15) is 11.3 Å². The van der Waals surface area contributed by atoms with Crippen molar-refractivity contribution < 1.29 is 4.79 Å². The average molecular weight is 373 g/mol. The van der Waals surface area contributed by atoms with Crippen LogP contribution in [0.25, 0.3) is 10.9 Å². The van der Waals surface area contributed by atoms with E-state index in [1.165, 1.54) is 11.8 Å². The van der Waals surface area contributed by atoms with Crippen molar-refractivity contribution in [3.63, 3.8) is 0 Å². The van der Waals surface area contributed by atoms with Gasteiger partial charge in [-0.3, -0.25) is 9.59 Å². The Balaban J connectivity index is 1.58. The number of carbonyl (C=O) groups is 1. The van der Waals surface area contributed by atoms with Gasteiger partial charge < -0.3 is 10.3 Å². The third-order valence-electron chi connectivity index (χ3n) is 3.74. The van der Waals surface area contributed by atoms with Crippen LogP contribution in [0.5, 0.6) is 0 Å². The first kappa shape index (κ1) is 17.6. The van der Waals surface area contributed by atoms with E-state index in [1.807, 2.05) is 37.3 Å². The quantitative estimate of drug-likeness (QED) is 0.699. The largest absolute Gasteiger partial charge is 0.357 e. The smallest absolute Gasteiger partial charge is 0.234 e. The summed E-state index contributed by atoms with van der Waals surface area (Å²) in [7, 11) is 0. The number of aromatic nitrogens is 1. The molecule has 0 saturated heterocycles. The Bertz CT molecular complexity index is 985. The van der Waals surface area contributed by atoms with E-state index in [9.17, 15) is 9.59 Å². The molecule has 0 aliphatic heterocycles. The number of para-hydroxylation sites is 1. The first-order chi connectivity index (χ1) is 12.0. The Labute approximate surface area is 154 Å². The lowest BCUT2D eigenvalue weighted by Crippen LogP contribution is -2.14. The monoisotopic (exact) mass is 372 g/mol. The molecular formula is C19H17ClN2O2S. The number of hydrogen-bond acceptors (Lipinski definition) is 3. The van der Waals surface area contributed by atoms with Gasteiger partial charge in [-0.15, -0.1) is 11.8 Å². The van der Waals surface area contributed by atoms with Gasteiger partial charge in [0.1, 0.15) is 0 Å². The van der Waals surface area contributed by atoms with E-state index in [-0.39, 0.29) is 11.3 Å². The van der Waals surface area contributed by atoms with Crippen molar-refractivity contribution in [1.82, 2.24) is 4.98 Å². The summed E-state index contributed by atoms with van der Waals surface area (Å²) < 4.78 is 0. The summed E-state index contributed by atoms with van der Waals surface area (Å²) >= 11 is 7.50. The molecule has 0 bridgehead atoms. The van der Waals surface area contributed by atoms with Crippen molar-refractivity contribution in [2.75, 3.05) is 11.1 Å². The van der Waals surface area contributed by atoms with Crippen LogP contribution in [0, 0.1) is 6.92 Å². The molecule has 3 rings (SSSR count). The molecule has 2 N–H and O–H groups in total. The van der Waals surface area contributed by atoms with Crippen LogP contribution in [0.15, 0.2) is 53.3 Å². The summed E-state index contributed by atoms with van der Waals surface area (Å²) in [5, 5.41) is 4.12. The predicted octanol–water partition coefficient (Wildman–Crippen LogP) is 4.36. The molecular weight excluding hydrogens is 356 g/mol. The highest BCUT2D eigenvalue weighted by molar-refractivity contribution is 7.99. The van der Waals surface area contributed by atoms with Crippen LogP contribution in [-0.2, 0) is 10.5 Å². The number of halogens is 1. The summed E-state index contributed by atoms with van der Waals surface area (Å²) in [5.41, 5.74) is 3.25. The lowest BCUT2D eigenvalue weighted by atomic mass is 10.2. The maximum absolute atomic E-state index is 12.1. The van der Waals surface area contributed by atoms with E-state index < -0.39 is 0 Å². The first-order valence-corrected chi connectivity index (χ1v) is 9.31. The van der Waals surface area contributed by atoms with E-state index in [4.69, 9.17) is 11.6 Å². The van der Waals surface area contributed by atoms with Gasteiger partial charge in [-0.25, -0.2) is 0 Å². The minimum atomic E-state index is -0.104. The van der Waals surface area contributed by atoms with E-state index in [2.05, 4.69) is 10.3 Å². The topological polar surface area (TPSA) is 62.0 Å². The van der Waals surface area contributed by atoms with E-state index in [1.54, 1.807) is 18.2 Å². The number of benzene rings is 2. The highest BCUT2D eigenvalue weighted by Crippen LogP contribution is 2.20. The normalized spacial score (nSPS) is 10.8. The molecule has 0 aliphatic carbocycles.